The van der Waals surface area contributed by atoms with E-state index in [-0.39, 0.29) is 5.41 Å². The van der Waals surface area contributed by atoms with Crippen molar-refractivity contribution in [2.75, 3.05) is 0 Å². The van der Waals surface area contributed by atoms with Crippen LogP contribution >= 0.6 is 0 Å². The maximum Gasteiger partial charge on any atom is 0.0155 e. The molecule has 0 nitrogen and oxygen atoms in total. The van der Waals surface area contributed by atoms with E-state index in [2.05, 4.69) is 19.7 Å². The Hall–Kier alpha value is -1.04. The molecule has 0 N–H and O–H groups in total. The Morgan fingerprint density at radius 3 is 2.00 bits per heavy atom. The van der Waals surface area contributed by atoms with E-state index in [9.17, 15) is 0 Å². The Kier molecular flexibility index (Phi) is 3.75. The minimum atomic E-state index is 0.236. The van der Waals surface area contributed by atoms with Crippen LogP contribution in [0.1, 0.15) is 70.6 Å². The van der Waals surface area contributed by atoms with Crippen LogP contribution in [0.5, 0.6) is 0 Å². The zero-order valence-electron chi connectivity index (χ0n) is 12.9. The maximum absolute atomic E-state index is 4.48. The molecule has 3 aliphatic carbocycles. The molecule has 0 aromatic rings. The van der Waals surface area contributed by atoms with Crippen molar-refractivity contribution in [1.82, 2.24) is 0 Å². The van der Waals surface area contributed by atoms with E-state index in [1.807, 2.05) is 0 Å². The van der Waals surface area contributed by atoms with Gasteiger partial charge in [0, 0.05) is 5.41 Å². The van der Waals surface area contributed by atoms with Gasteiger partial charge in [-0.15, -0.1) is 0 Å². The molecule has 3 aliphatic rings. The summed E-state index contributed by atoms with van der Waals surface area (Å²) in [5.74, 6) is 0. The van der Waals surface area contributed by atoms with Gasteiger partial charge < -0.3 is 0 Å². The molecule has 1 spiro atoms. The van der Waals surface area contributed by atoms with E-state index in [0.29, 0.717) is 0 Å². The molecule has 0 radical (unpaired) electrons. The van der Waals surface area contributed by atoms with Crippen molar-refractivity contribution in [3.05, 3.63) is 47.6 Å². The standard InChI is InChI=1S/C20H28/c1-15-8-4-7-11-18-14-20(13-12-19(15)18)16(2)9-5-6-10-17(20)3/h1-14H2. The smallest absolute Gasteiger partial charge is 0.0155 e. The van der Waals surface area contributed by atoms with Crippen molar-refractivity contribution < 1.29 is 0 Å². The fourth-order valence-corrected chi connectivity index (χ4v) is 4.58. The van der Waals surface area contributed by atoms with Crippen LogP contribution in [0.25, 0.3) is 0 Å². The average Bonchev–Trinajstić information content (AvgIpc) is 2.70. The lowest BCUT2D eigenvalue weighted by molar-refractivity contribution is 0.357. The highest BCUT2D eigenvalue weighted by atomic mass is 14.4. The minimum absolute atomic E-state index is 0.236. The fraction of sp³-hybridized carbons (Fsp3) is 0.600. The van der Waals surface area contributed by atoms with Crippen molar-refractivity contribution in [3.63, 3.8) is 0 Å². The van der Waals surface area contributed by atoms with Crippen molar-refractivity contribution in [1.29, 1.82) is 0 Å². The second kappa shape index (κ2) is 5.39. The summed E-state index contributed by atoms with van der Waals surface area (Å²) < 4.78 is 0. The van der Waals surface area contributed by atoms with Gasteiger partial charge in [0.15, 0.2) is 0 Å². The monoisotopic (exact) mass is 268 g/mol. The lowest BCUT2D eigenvalue weighted by Crippen LogP contribution is -2.29. The highest BCUT2D eigenvalue weighted by Crippen LogP contribution is 2.55. The largest absolute Gasteiger partial charge is 0.0990 e. The predicted octanol–water partition coefficient (Wildman–Crippen LogP) is 6.27. The number of hydrogen-bond acceptors (Lipinski definition) is 0. The molecule has 0 unspecified atom stereocenters. The molecule has 3 rings (SSSR count). The van der Waals surface area contributed by atoms with Crippen LogP contribution in [-0.2, 0) is 0 Å². The number of hydrogen-bond donors (Lipinski definition) is 0. The SMILES string of the molecule is C=C1CCCCC2=C1CCC1(C2)C(=C)CCCCC1=C. The van der Waals surface area contributed by atoms with Gasteiger partial charge in [0.05, 0.1) is 0 Å². The first-order valence-electron chi connectivity index (χ1n) is 8.39. The first-order valence-corrected chi connectivity index (χ1v) is 8.39. The molecular formula is C20H28. The molecule has 0 atom stereocenters. The summed E-state index contributed by atoms with van der Waals surface area (Å²) in [5.41, 5.74) is 7.93. The zero-order valence-corrected chi connectivity index (χ0v) is 12.9. The summed E-state index contributed by atoms with van der Waals surface area (Å²) in [6.07, 6.45) is 13.9. The van der Waals surface area contributed by atoms with Gasteiger partial charge in [0.25, 0.3) is 0 Å². The van der Waals surface area contributed by atoms with Gasteiger partial charge >= 0.3 is 0 Å². The highest BCUT2D eigenvalue weighted by Gasteiger charge is 2.40. The molecule has 0 saturated heterocycles. The molecule has 0 heteroatoms. The van der Waals surface area contributed by atoms with Gasteiger partial charge in [-0.3, -0.25) is 0 Å². The van der Waals surface area contributed by atoms with Crippen molar-refractivity contribution in [3.8, 4) is 0 Å². The van der Waals surface area contributed by atoms with Gasteiger partial charge in [0.1, 0.15) is 0 Å². The van der Waals surface area contributed by atoms with Crippen LogP contribution in [0.15, 0.2) is 47.6 Å². The summed E-state index contributed by atoms with van der Waals surface area (Å²) in [5, 5.41) is 0. The Morgan fingerprint density at radius 1 is 0.700 bits per heavy atom. The molecule has 108 valence electrons. The first kappa shape index (κ1) is 13.9. The normalized spacial score (nSPS) is 27.3. The second-order valence-corrected chi connectivity index (χ2v) is 7.07. The summed E-state index contributed by atoms with van der Waals surface area (Å²) in [7, 11) is 0. The van der Waals surface area contributed by atoms with E-state index in [0.717, 1.165) is 0 Å². The molecular weight excluding hydrogens is 240 g/mol. The third kappa shape index (κ3) is 2.24. The predicted molar refractivity (Wildman–Crippen MR) is 87.7 cm³/mol. The van der Waals surface area contributed by atoms with Crippen LogP contribution in [-0.4, -0.2) is 0 Å². The van der Waals surface area contributed by atoms with Gasteiger partial charge in [-0.2, -0.15) is 0 Å². The fourth-order valence-electron chi connectivity index (χ4n) is 4.58. The summed E-state index contributed by atoms with van der Waals surface area (Å²) in [6, 6.07) is 0. The van der Waals surface area contributed by atoms with Gasteiger partial charge in [-0.05, 0) is 76.2 Å². The molecule has 0 amide bonds. The molecule has 0 aromatic carbocycles. The molecule has 1 fully saturated rings. The van der Waals surface area contributed by atoms with E-state index in [1.54, 1.807) is 11.1 Å². The molecule has 20 heavy (non-hydrogen) atoms. The minimum Gasteiger partial charge on any atom is -0.0990 e. The van der Waals surface area contributed by atoms with Crippen molar-refractivity contribution in [2.24, 2.45) is 5.41 Å². The quantitative estimate of drug-likeness (QED) is 0.454. The Bertz CT molecular complexity index is 468. The summed E-state index contributed by atoms with van der Waals surface area (Å²) in [6.45, 7) is 13.3. The van der Waals surface area contributed by atoms with Crippen LogP contribution in [0.2, 0.25) is 0 Å². The zero-order chi connectivity index (χ0) is 14.2. The Morgan fingerprint density at radius 2 is 1.30 bits per heavy atom. The van der Waals surface area contributed by atoms with E-state index in [4.69, 9.17) is 0 Å². The lowest BCUT2D eigenvalue weighted by Gasteiger charge is -2.42. The second-order valence-electron chi connectivity index (χ2n) is 7.07. The molecule has 1 saturated carbocycles. The third-order valence-electron chi connectivity index (χ3n) is 5.94. The van der Waals surface area contributed by atoms with Crippen LogP contribution < -0.4 is 0 Å². The molecule has 0 aromatic heterocycles. The van der Waals surface area contributed by atoms with E-state index >= 15 is 0 Å². The Labute approximate surface area is 124 Å². The van der Waals surface area contributed by atoms with E-state index < -0.39 is 0 Å². The highest BCUT2D eigenvalue weighted by molar-refractivity contribution is 5.42. The summed E-state index contributed by atoms with van der Waals surface area (Å²) in [4.78, 5) is 0. The van der Waals surface area contributed by atoms with Crippen LogP contribution in [0, 0.1) is 5.41 Å². The first-order chi connectivity index (χ1) is 9.63. The topological polar surface area (TPSA) is 0 Å². The average molecular weight is 268 g/mol. The summed E-state index contributed by atoms with van der Waals surface area (Å²) >= 11 is 0. The van der Waals surface area contributed by atoms with E-state index in [1.165, 1.54) is 87.3 Å². The number of rotatable bonds is 0. The van der Waals surface area contributed by atoms with Gasteiger partial charge in [-0.25, -0.2) is 0 Å². The molecule has 0 bridgehead atoms. The van der Waals surface area contributed by atoms with Crippen LogP contribution in [0.4, 0.5) is 0 Å². The maximum atomic E-state index is 4.48. The molecule has 0 aliphatic heterocycles. The third-order valence-corrected chi connectivity index (χ3v) is 5.94. The van der Waals surface area contributed by atoms with Gasteiger partial charge in [-0.1, -0.05) is 42.0 Å². The van der Waals surface area contributed by atoms with Crippen molar-refractivity contribution in [2.45, 2.75) is 70.6 Å². The number of allylic oxidation sites excluding steroid dienone is 5. The Balaban J connectivity index is 1.95. The van der Waals surface area contributed by atoms with Gasteiger partial charge in [0.2, 0.25) is 0 Å². The van der Waals surface area contributed by atoms with Crippen LogP contribution in [0.3, 0.4) is 0 Å². The molecule has 0 heterocycles. The van der Waals surface area contributed by atoms with Crippen molar-refractivity contribution >= 4 is 0 Å². The lowest BCUT2D eigenvalue weighted by atomic mass is 9.62.